The van der Waals surface area contributed by atoms with Crippen LogP contribution in [0.4, 0.5) is 4.39 Å². The van der Waals surface area contributed by atoms with Gasteiger partial charge in [-0.2, -0.15) is 5.10 Å². The number of fused-ring (bicyclic) bond motifs is 2. The molecule has 1 N–H and O–H groups in total. The molecule has 0 bridgehead atoms. The van der Waals surface area contributed by atoms with Gasteiger partial charge in [-0.3, -0.25) is 0 Å². The summed E-state index contributed by atoms with van der Waals surface area (Å²) in [6.45, 7) is 4.37. The molecule has 0 unspecified atom stereocenters. The number of allylic oxidation sites excluding steroid dienone is 1. The van der Waals surface area contributed by atoms with Crippen molar-refractivity contribution in [1.82, 2.24) is 9.78 Å². The number of aryl methyl sites for hydroxylation is 1. The minimum Gasteiger partial charge on any atom is -0.388 e. The second kappa shape index (κ2) is 7.21. The van der Waals surface area contributed by atoms with E-state index >= 15 is 0 Å². The Morgan fingerprint density at radius 1 is 1.13 bits per heavy atom. The minimum atomic E-state index is -0.604. The average molecular weight is 403 g/mol. The predicted molar refractivity (Wildman–Crippen MR) is 117 cm³/mol. The lowest BCUT2D eigenvalue weighted by molar-refractivity contribution is 0.0217. The van der Waals surface area contributed by atoms with Gasteiger partial charge >= 0.3 is 0 Å². The molecule has 0 spiro atoms. The van der Waals surface area contributed by atoms with Crippen LogP contribution < -0.4 is 0 Å². The van der Waals surface area contributed by atoms with Crippen LogP contribution in [0.15, 0.2) is 60.3 Å². The molecule has 0 radical (unpaired) electrons. The fourth-order valence-electron chi connectivity index (χ4n) is 5.37. The third-order valence-electron chi connectivity index (χ3n) is 7.14. The molecule has 2 aromatic carbocycles. The summed E-state index contributed by atoms with van der Waals surface area (Å²) in [5.74, 6) is -0.175. The van der Waals surface area contributed by atoms with Gasteiger partial charge in [-0.05, 0) is 85.4 Å². The highest BCUT2D eigenvalue weighted by atomic mass is 19.1. The lowest BCUT2D eigenvalue weighted by Crippen LogP contribution is -2.40. The zero-order chi connectivity index (χ0) is 20.9. The summed E-state index contributed by atoms with van der Waals surface area (Å²) in [4.78, 5) is 0. The van der Waals surface area contributed by atoms with Crippen molar-refractivity contribution in [2.45, 2.75) is 45.6 Å². The van der Waals surface area contributed by atoms with Crippen LogP contribution in [0.3, 0.4) is 0 Å². The molecule has 3 atom stereocenters. The molecular weight excluding hydrogens is 375 g/mol. The van der Waals surface area contributed by atoms with Gasteiger partial charge in [-0.15, -0.1) is 0 Å². The van der Waals surface area contributed by atoms with Crippen molar-refractivity contribution in [3.63, 3.8) is 0 Å². The van der Waals surface area contributed by atoms with Gasteiger partial charge in [-0.1, -0.05) is 42.3 Å². The number of aromatic nitrogens is 2. The zero-order valence-corrected chi connectivity index (χ0v) is 17.5. The van der Waals surface area contributed by atoms with E-state index < -0.39 is 6.10 Å². The number of hydrogen-bond donors (Lipinski definition) is 1. The predicted octanol–water partition coefficient (Wildman–Crippen LogP) is 5.80. The highest BCUT2D eigenvalue weighted by Gasteiger charge is 2.46. The molecule has 3 aromatic rings. The smallest absolute Gasteiger partial charge is 0.123 e. The van der Waals surface area contributed by atoms with Crippen LogP contribution in [0.2, 0.25) is 0 Å². The molecule has 5 rings (SSSR count). The number of aliphatic hydroxyl groups excluding tert-OH is 1. The summed E-state index contributed by atoms with van der Waals surface area (Å²) in [6.07, 6.45) is 7.60. The Bertz CT molecular complexity index is 1100. The first-order valence-corrected chi connectivity index (χ1v) is 10.7. The second-order valence-corrected chi connectivity index (χ2v) is 9.06. The summed E-state index contributed by atoms with van der Waals surface area (Å²) >= 11 is 0. The fraction of sp³-hybridized carbons (Fsp3) is 0.346. The van der Waals surface area contributed by atoms with Crippen molar-refractivity contribution in [3.8, 4) is 5.69 Å². The van der Waals surface area contributed by atoms with Gasteiger partial charge in [0.1, 0.15) is 5.82 Å². The molecule has 1 fully saturated rings. The van der Waals surface area contributed by atoms with Gasteiger partial charge in [0.15, 0.2) is 0 Å². The fourth-order valence-corrected chi connectivity index (χ4v) is 5.37. The minimum absolute atomic E-state index is 0.0961. The molecule has 2 aliphatic carbocycles. The summed E-state index contributed by atoms with van der Waals surface area (Å²) in [6, 6.07) is 14.7. The molecule has 0 amide bonds. The number of nitrogens with zero attached hydrogens (tertiary/aromatic N) is 2. The lowest BCUT2D eigenvalue weighted by Gasteiger charge is -2.47. The number of halogens is 1. The quantitative estimate of drug-likeness (QED) is 0.601. The van der Waals surface area contributed by atoms with E-state index in [1.807, 2.05) is 10.9 Å². The molecule has 4 heteroatoms. The van der Waals surface area contributed by atoms with Crippen LogP contribution in [0, 0.1) is 24.1 Å². The number of benzene rings is 2. The monoisotopic (exact) mass is 402 g/mol. The third-order valence-corrected chi connectivity index (χ3v) is 7.14. The second-order valence-electron chi connectivity index (χ2n) is 9.06. The maximum Gasteiger partial charge on any atom is 0.123 e. The van der Waals surface area contributed by atoms with Crippen LogP contribution in [-0.2, 0) is 6.42 Å². The van der Waals surface area contributed by atoms with Crippen molar-refractivity contribution < 1.29 is 9.50 Å². The van der Waals surface area contributed by atoms with Gasteiger partial charge in [0.25, 0.3) is 0 Å². The van der Waals surface area contributed by atoms with E-state index in [1.165, 1.54) is 28.8 Å². The molecule has 2 aliphatic rings. The van der Waals surface area contributed by atoms with Gasteiger partial charge in [0.2, 0.25) is 0 Å². The van der Waals surface area contributed by atoms with Crippen LogP contribution >= 0.6 is 0 Å². The van der Waals surface area contributed by atoms with Crippen LogP contribution in [-0.4, -0.2) is 14.9 Å². The van der Waals surface area contributed by atoms with Gasteiger partial charge in [-0.25, -0.2) is 9.07 Å². The highest BCUT2D eigenvalue weighted by Crippen LogP contribution is 2.54. The number of rotatable bonds is 3. The van der Waals surface area contributed by atoms with Crippen molar-refractivity contribution in [3.05, 3.63) is 88.5 Å². The Kier molecular flexibility index (Phi) is 4.62. The van der Waals surface area contributed by atoms with E-state index in [-0.39, 0.29) is 17.2 Å². The maximum absolute atomic E-state index is 13.4. The highest BCUT2D eigenvalue weighted by molar-refractivity contribution is 5.61. The molecule has 0 aliphatic heterocycles. The lowest BCUT2D eigenvalue weighted by atomic mass is 9.57. The first-order chi connectivity index (χ1) is 14.5. The summed E-state index contributed by atoms with van der Waals surface area (Å²) in [5.41, 5.74) is 6.74. The first kappa shape index (κ1) is 19.3. The Balaban J connectivity index is 1.51. The van der Waals surface area contributed by atoms with Crippen molar-refractivity contribution in [2.24, 2.45) is 11.3 Å². The molecule has 0 saturated heterocycles. The van der Waals surface area contributed by atoms with E-state index in [9.17, 15) is 9.50 Å². The molecule has 30 heavy (non-hydrogen) atoms. The van der Waals surface area contributed by atoms with Crippen LogP contribution in [0.5, 0.6) is 0 Å². The first-order valence-electron chi connectivity index (χ1n) is 10.7. The Labute approximate surface area is 176 Å². The zero-order valence-electron chi connectivity index (χ0n) is 17.5. The Hall–Kier alpha value is -2.72. The molecule has 1 saturated carbocycles. The van der Waals surface area contributed by atoms with Crippen molar-refractivity contribution >= 4 is 6.08 Å². The van der Waals surface area contributed by atoms with Gasteiger partial charge < -0.3 is 5.11 Å². The topological polar surface area (TPSA) is 38.0 Å². The Morgan fingerprint density at radius 3 is 2.60 bits per heavy atom. The third kappa shape index (κ3) is 3.10. The van der Waals surface area contributed by atoms with E-state index in [4.69, 9.17) is 5.10 Å². The molecular formula is C26H27FN2O. The standard InChI is InChI=1S/C26H27FN2O/c1-17-6-12-22(13-7-17)29-24-14-20-4-3-5-23(26(20,2)15-19(24)16-28-29)25(30)18-8-10-21(27)11-9-18/h6-14,16,23,25,30H,3-5,15H2,1-2H3/t23-,25+,26+/m1/s1. The number of aliphatic hydroxyl groups is 1. The van der Waals surface area contributed by atoms with E-state index in [0.717, 1.165) is 42.6 Å². The molecule has 154 valence electrons. The molecule has 1 heterocycles. The molecule has 1 aromatic heterocycles. The van der Waals surface area contributed by atoms with Crippen LogP contribution in [0.1, 0.15) is 54.7 Å². The van der Waals surface area contributed by atoms with Crippen molar-refractivity contribution in [1.29, 1.82) is 0 Å². The normalized spacial score (nSPS) is 24.0. The summed E-state index contributed by atoms with van der Waals surface area (Å²) < 4.78 is 15.4. The SMILES string of the molecule is Cc1ccc(-n2ncc3c2C=C2CCC[C@H]([C@@H](O)c4ccc(F)cc4)[C@@]2(C)C3)cc1. The summed E-state index contributed by atoms with van der Waals surface area (Å²) in [7, 11) is 0. The van der Waals surface area contributed by atoms with E-state index in [1.54, 1.807) is 12.1 Å². The molecule has 3 nitrogen and oxygen atoms in total. The maximum atomic E-state index is 13.4. The van der Waals surface area contributed by atoms with E-state index in [2.05, 4.69) is 44.2 Å². The van der Waals surface area contributed by atoms with Crippen molar-refractivity contribution in [2.75, 3.05) is 0 Å². The van der Waals surface area contributed by atoms with E-state index in [0.29, 0.717) is 0 Å². The summed E-state index contributed by atoms with van der Waals surface area (Å²) in [5, 5.41) is 15.9. The number of hydrogen-bond acceptors (Lipinski definition) is 2. The van der Waals surface area contributed by atoms with Gasteiger partial charge in [0.05, 0.1) is 23.7 Å². The Morgan fingerprint density at radius 2 is 1.87 bits per heavy atom. The average Bonchev–Trinajstić information content (AvgIpc) is 3.14. The van der Waals surface area contributed by atoms with Crippen LogP contribution in [0.25, 0.3) is 11.8 Å². The van der Waals surface area contributed by atoms with Gasteiger partial charge in [0, 0.05) is 0 Å². The largest absolute Gasteiger partial charge is 0.388 e.